The lowest BCUT2D eigenvalue weighted by molar-refractivity contribution is -0.113. The van der Waals surface area contributed by atoms with Crippen LogP contribution in [-0.2, 0) is 4.79 Å². The third kappa shape index (κ3) is 5.41. The molecule has 4 N–H and O–H groups in total. The van der Waals surface area contributed by atoms with Crippen molar-refractivity contribution in [2.24, 2.45) is 5.10 Å². The average molecular weight is 496 g/mol. The number of hydrogen-bond acceptors (Lipinski definition) is 8. The van der Waals surface area contributed by atoms with E-state index in [9.17, 15) is 4.79 Å². The Morgan fingerprint density at radius 2 is 1.94 bits per heavy atom. The molecule has 0 fully saturated rings. The quantitative estimate of drug-likeness (QED) is 0.144. The Labute approximate surface area is 205 Å². The van der Waals surface area contributed by atoms with Gasteiger partial charge in [-0.3, -0.25) is 4.79 Å². The second-order valence-corrected chi connectivity index (χ2v) is 8.61. The minimum atomic E-state index is -0.270. The van der Waals surface area contributed by atoms with Crippen LogP contribution >= 0.6 is 23.4 Å². The smallest absolute Gasteiger partial charge is 0.264 e. The van der Waals surface area contributed by atoms with E-state index < -0.39 is 0 Å². The molecule has 0 bridgehead atoms. The van der Waals surface area contributed by atoms with Crippen LogP contribution in [0.5, 0.6) is 5.75 Å². The van der Waals surface area contributed by atoms with Gasteiger partial charge < -0.3 is 15.9 Å². The zero-order valence-electron chi connectivity index (χ0n) is 18.4. The van der Waals surface area contributed by atoms with Crippen molar-refractivity contribution in [3.8, 4) is 5.75 Å². The number of amides is 1. The molecular formula is C23H22ClN7O2S. The molecule has 0 unspecified atom stereocenters. The molecular weight excluding hydrogens is 474 g/mol. The summed E-state index contributed by atoms with van der Waals surface area (Å²) in [5.74, 6) is 6.63. The van der Waals surface area contributed by atoms with Crippen molar-refractivity contribution in [1.82, 2.24) is 14.9 Å². The molecule has 1 aromatic heterocycles. The second-order valence-electron chi connectivity index (χ2n) is 7.23. The first-order chi connectivity index (χ1) is 16.4. The second kappa shape index (κ2) is 10.4. The van der Waals surface area contributed by atoms with Crippen molar-refractivity contribution in [1.29, 1.82) is 0 Å². The Morgan fingerprint density at radius 1 is 1.15 bits per heavy atom. The van der Waals surface area contributed by atoms with Crippen molar-refractivity contribution >= 4 is 57.4 Å². The van der Waals surface area contributed by atoms with Crippen LogP contribution in [0.1, 0.15) is 12.5 Å². The van der Waals surface area contributed by atoms with Gasteiger partial charge in [0.05, 0.1) is 24.3 Å². The number of nitrogens with zero attached hydrogens (tertiary/aromatic N) is 4. The zero-order chi connectivity index (χ0) is 24.1. The minimum Gasteiger partial charge on any atom is -0.495 e. The van der Waals surface area contributed by atoms with E-state index in [-0.39, 0.29) is 17.6 Å². The Hall–Kier alpha value is -3.76. The Balaban J connectivity index is 1.38. The van der Waals surface area contributed by atoms with Crippen LogP contribution in [0, 0.1) is 0 Å². The molecule has 174 valence electrons. The fraction of sp³-hybridized carbons (Fsp3) is 0.130. The van der Waals surface area contributed by atoms with Crippen molar-refractivity contribution in [3.05, 3.63) is 71.2 Å². The van der Waals surface area contributed by atoms with E-state index in [2.05, 4.69) is 44.2 Å². The largest absolute Gasteiger partial charge is 0.495 e. The molecule has 1 heterocycles. The fourth-order valence-electron chi connectivity index (χ4n) is 3.16. The van der Waals surface area contributed by atoms with Crippen molar-refractivity contribution in [3.63, 3.8) is 0 Å². The summed E-state index contributed by atoms with van der Waals surface area (Å²) in [4.78, 5) is 12.4. The van der Waals surface area contributed by atoms with Crippen molar-refractivity contribution in [2.45, 2.75) is 12.1 Å². The lowest BCUT2D eigenvalue weighted by Gasteiger charge is -2.10. The molecule has 4 rings (SSSR count). The van der Waals surface area contributed by atoms with Gasteiger partial charge in [-0.1, -0.05) is 59.8 Å². The van der Waals surface area contributed by atoms with Gasteiger partial charge in [0, 0.05) is 5.02 Å². The predicted molar refractivity (Wildman–Crippen MR) is 137 cm³/mol. The number of nitrogens with two attached hydrogens (primary N) is 1. The van der Waals surface area contributed by atoms with Crippen LogP contribution in [0.4, 0.5) is 11.6 Å². The first-order valence-electron chi connectivity index (χ1n) is 10.2. The van der Waals surface area contributed by atoms with Gasteiger partial charge in [-0.05, 0) is 47.5 Å². The molecule has 0 aliphatic rings. The summed E-state index contributed by atoms with van der Waals surface area (Å²) in [6.45, 7) is 1.89. The number of aromatic nitrogens is 3. The van der Waals surface area contributed by atoms with Crippen LogP contribution in [0.3, 0.4) is 0 Å². The van der Waals surface area contributed by atoms with Crippen LogP contribution < -0.4 is 21.3 Å². The van der Waals surface area contributed by atoms with Gasteiger partial charge >= 0.3 is 0 Å². The standard InChI is InChI=1S/C23H22ClN7O2S/c1-14(16-8-7-15-5-3-4-6-17(15)11-16)27-28-22-29-30-23(31(22)25)34-13-21(32)26-19-12-18(24)9-10-20(19)33-2/h3-12H,13,25H2,1-2H3,(H,26,32)(H,28,29)/b27-14+. The number of nitrogen functional groups attached to an aromatic ring is 1. The zero-order valence-corrected chi connectivity index (χ0v) is 20.0. The monoisotopic (exact) mass is 495 g/mol. The van der Waals surface area contributed by atoms with Gasteiger partial charge in [0.1, 0.15) is 5.75 Å². The number of ether oxygens (including phenoxy) is 1. The summed E-state index contributed by atoms with van der Waals surface area (Å²) in [5.41, 5.74) is 5.05. The molecule has 34 heavy (non-hydrogen) atoms. The first kappa shape index (κ1) is 23.4. The molecule has 4 aromatic rings. The number of thioether (sulfide) groups is 1. The number of rotatable bonds is 8. The van der Waals surface area contributed by atoms with E-state index in [0.29, 0.717) is 21.6 Å². The number of hydrazone groups is 1. The highest BCUT2D eigenvalue weighted by Gasteiger charge is 2.14. The van der Waals surface area contributed by atoms with Crippen LogP contribution in [0.2, 0.25) is 5.02 Å². The average Bonchev–Trinajstić information content (AvgIpc) is 3.20. The maximum atomic E-state index is 12.4. The fourth-order valence-corrected chi connectivity index (χ4v) is 3.99. The summed E-state index contributed by atoms with van der Waals surface area (Å²) in [6, 6.07) is 19.2. The molecule has 0 radical (unpaired) electrons. The number of nitrogens with one attached hydrogen (secondary N) is 2. The Kier molecular flexibility index (Phi) is 7.19. The first-order valence-corrected chi connectivity index (χ1v) is 11.6. The van der Waals surface area contributed by atoms with Gasteiger partial charge in [0.25, 0.3) is 5.95 Å². The topological polar surface area (TPSA) is 119 Å². The number of hydrogen-bond donors (Lipinski definition) is 3. The van der Waals surface area contributed by atoms with Gasteiger partial charge in [-0.25, -0.2) is 10.1 Å². The summed E-state index contributed by atoms with van der Waals surface area (Å²) < 4.78 is 6.48. The summed E-state index contributed by atoms with van der Waals surface area (Å²) in [5, 5.41) is 18.3. The van der Waals surface area contributed by atoms with Gasteiger partial charge in [-0.15, -0.1) is 10.2 Å². The molecule has 0 atom stereocenters. The molecule has 0 saturated carbocycles. The highest BCUT2D eigenvalue weighted by Crippen LogP contribution is 2.28. The Morgan fingerprint density at radius 3 is 2.74 bits per heavy atom. The van der Waals surface area contributed by atoms with Gasteiger partial charge in [-0.2, -0.15) is 5.10 Å². The lowest BCUT2D eigenvalue weighted by Crippen LogP contribution is -2.17. The molecule has 0 spiro atoms. The van der Waals surface area contributed by atoms with Gasteiger partial charge in [0.2, 0.25) is 11.1 Å². The van der Waals surface area contributed by atoms with E-state index in [1.54, 1.807) is 18.2 Å². The molecule has 0 aliphatic heterocycles. The molecule has 1 amide bonds. The maximum Gasteiger partial charge on any atom is 0.264 e. The summed E-state index contributed by atoms with van der Waals surface area (Å²) in [6.07, 6.45) is 0. The third-order valence-corrected chi connectivity index (χ3v) is 6.10. The third-order valence-electron chi connectivity index (χ3n) is 4.92. The number of methoxy groups -OCH3 is 1. The van der Waals surface area contributed by atoms with Gasteiger partial charge in [0.15, 0.2) is 0 Å². The van der Waals surface area contributed by atoms with E-state index in [0.717, 1.165) is 33.8 Å². The van der Waals surface area contributed by atoms with E-state index in [1.165, 1.54) is 11.8 Å². The molecule has 11 heteroatoms. The number of carbonyl (C=O) groups is 1. The van der Waals surface area contributed by atoms with E-state index >= 15 is 0 Å². The van der Waals surface area contributed by atoms with Crippen LogP contribution in [-0.4, -0.2) is 39.4 Å². The predicted octanol–water partition coefficient (Wildman–Crippen LogP) is 4.37. The van der Waals surface area contributed by atoms with Crippen molar-refractivity contribution in [2.75, 3.05) is 29.4 Å². The van der Waals surface area contributed by atoms with Crippen LogP contribution in [0.25, 0.3) is 10.8 Å². The molecule has 3 aromatic carbocycles. The number of carbonyl (C=O) groups excluding carboxylic acids is 1. The number of anilines is 2. The van der Waals surface area contributed by atoms with E-state index in [4.69, 9.17) is 22.2 Å². The maximum absolute atomic E-state index is 12.4. The highest BCUT2D eigenvalue weighted by molar-refractivity contribution is 7.99. The van der Waals surface area contributed by atoms with Crippen molar-refractivity contribution < 1.29 is 9.53 Å². The normalized spacial score (nSPS) is 11.4. The SMILES string of the molecule is COc1ccc(Cl)cc1NC(=O)CSc1nnc(N/N=C(\C)c2ccc3ccccc3c2)n1N. The summed E-state index contributed by atoms with van der Waals surface area (Å²) >= 11 is 7.14. The molecule has 0 saturated heterocycles. The number of halogens is 1. The molecule has 9 nitrogen and oxygen atoms in total. The van der Waals surface area contributed by atoms with E-state index in [1.807, 2.05) is 31.2 Å². The summed E-state index contributed by atoms with van der Waals surface area (Å²) in [7, 11) is 1.52. The minimum absolute atomic E-state index is 0.0599. The highest BCUT2D eigenvalue weighted by atomic mass is 35.5. The number of benzene rings is 3. The Bertz CT molecular complexity index is 1370. The number of fused-ring (bicyclic) bond motifs is 1. The lowest BCUT2D eigenvalue weighted by atomic mass is 10.0. The molecule has 0 aliphatic carbocycles. The van der Waals surface area contributed by atoms with Crippen LogP contribution in [0.15, 0.2) is 70.9 Å².